The maximum Gasteiger partial charge on any atom is 0.314 e. The summed E-state index contributed by atoms with van der Waals surface area (Å²) >= 11 is 0. The van der Waals surface area contributed by atoms with Crippen molar-refractivity contribution >= 4 is 11.5 Å². The predicted molar refractivity (Wildman–Crippen MR) is 134 cm³/mol. The van der Waals surface area contributed by atoms with E-state index < -0.39 is 17.9 Å². The Labute approximate surface area is 218 Å². The molecule has 1 aliphatic rings. The number of nitrogens with one attached hydrogen (secondary N) is 1. The molecule has 1 saturated carbocycles. The van der Waals surface area contributed by atoms with Gasteiger partial charge in [-0.1, -0.05) is 0 Å². The smallest absolute Gasteiger partial charge is 0.314 e. The van der Waals surface area contributed by atoms with E-state index in [1.54, 1.807) is 38.0 Å². The normalized spacial score (nSPS) is 19.4. The van der Waals surface area contributed by atoms with Crippen LogP contribution in [-0.2, 0) is 10.3 Å². The van der Waals surface area contributed by atoms with E-state index in [4.69, 9.17) is 14.3 Å². The number of rotatable bonds is 9. The number of fused-ring (bicyclic) bond motifs is 1. The molecule has 0 radical (unpaired) electrons. The van der Waals surface area contributed by atoms with Gasteiger partial charge in [-0.2, -0.15) is 13.9 Å². The third kappa shape index (κ3) is 4.99. The van der Waals surface area contributed by atoms with Crippen molar-refractivity contribution in [3.8, 4) is 11.1 Å². The Morgan fingerprint density at radius 2 is 1.97 bits per heavy atom. The van der Waals surface area contributed by atoms with Gasteiger partial charge in [0.05, 0.1) is 30.6 Å². The van der Waals surface area contributed by atoms with Gasteiger partial charge in [-0.05, 0) is 52.5 Å². The first-order chi connectivity index (χ1) is 18.2. The molecule has 5 rings (SSSR count). The van der Waals surface area contributed by atoms with Gasteiger partial charge in [-0.15, -0.1) is 15.3 Å². The van der Waals surface area contributed by atoms with Crippen LogP contribution < -0.4 is 5.32 Å². The Morgan fingerprint density at radius 1 is 1.21 bits per heavy atom. The number of alkyl halides is 2. The number of anilines is 1. The van der Waals surface area contributed by atoms with Crippen molar-refractivity contribution in [1.82, 2.24) is 34.6 Å². The summed E-state index contributed by atoms with van der Waals surface area (Å²) in [5.41, 5.74) is 2.59. The van der Waals surface area contributed by atoms with Gasteiger partial charge in [-0.3, -0.25) is 4.68 Å². The first-order valence-corrected chi connectivity index (χ1v) is 12.7. The van der Waals surface area contributed by atoms with Crippen LogP contribution in [0.4, 0.5) is 14.7 Å². The van der Waals surface area contributed by atoms with Crippen LogP contribution in [0.5, 0.6) is 0 Å². The number of ether oxygens (including phenoxy) is 1. The van der Waals surface area contributed by atoms with Crippen LogP contribution in [0, 0.1) is 0 Å². The molecule has 1 aliphatic carbocycles. The van der Waals surface area contributed by atoms with E-state index in [9.17, 15) is 13.9 Å². The number of hydrogen-bond acceptors (Lipinski definition) is 9. The van der Waals surface area contributed by atoms with Gasteiger partial charge in [-0.25, -0.2) is 9.50 Å². The molecule has 0 unspecified atom stereocenters. The van der Waals surface area contributed by atoms with Crippen LogP contribution in [-0.4, -0.2) is 65.5 Å². The molecule has 2 N–H and O–H groups in total. The molecule has 0 aromatic carbocycles. The van der Waals surface area contributed by atoms with Gasteiger partial charge in [0, 0.05) is 42.1 Å². The molecule has 0 bridgehead atoms. The zero-order chi connectivity index (χ0) is 27.0. The molecular weight excluding hydrogens is 498 g/mol. The highest BCUT2D eigenvalue weighted by Crippen LogP contribution is 2.38. The van der Waals surface area contributed by atoms with E-state index in [1.807, 2.05) is 17.6 Å². The third-order valence-corrected chi connectivity index (χ3v) is 7.07. The fourth-order valence-corrected chi connectivity index (χ4v) is 4.92. The molecule has 204 valence electrons. The number of nitrogens with zero attached hydrogens (tertiary/aromatic N) is 7. The fourth-order valence-electron chi connectivity index (χ4n) is 4.92. The van der Waals surface area contributed by atoms with Gasteiger partial charge < -0.3 is 19.6 Å². The van der Waals surface area contributed by atoms with Crippen LogP contribution in [0.25, 0.3) is 16.6 Å². The lowest BCUT2D eigenvalue weighted by Crippen LogP contribution is -2.28. The van der Waals surface area contributed by atoms with Crippen LogP contribution in [0.2, 0.25) is 0 Å². The standard InChI is InChI=1S/C25H32F2N8O3/c1-14(13-37-4)30-24-28-11-20-18(9-19(35(20)33-24)15-5-7-17(36)8-6-15)16-10-29-34(12-16)25(2,3)23-32-31-22(38-23)21(26)27/h9-12,14-15,17,21,36H,5-8,13H2,1-4H3,(H,30,33)/t14-,15-,17-/m0/s1. The maximum absolute atomic E-state index is 13.0. The van der Waals surface area contributed by atoms with Crippen LogP contribution >= 0.6 is 0 Å². The van der Waals surface area contributed by atoms with Crippen molar-refractivity contribution in [2.24, 2.45) is 0 Å². The number of aliphatic hydroxyl groups excluding tert-OH is 1. The number of aliphatic hydroxyl groups is 1. The second-order valence-electron chi connectivity index (χ2n) is 10.3. The van der Waals surface area contributed by atoms with E-state index in [1.165, 1.54) is 0 Å². The average molecular weight is 531 g/mol. The highest BCUT2D eigenvalue weighted by atomic mass is 19.3. The zero-order valence-corrected chi connectivity index (χ0v) is 21.8. The summed E-state index contributed by atoms with van der Waals surface area (Å²) < 4.78 is 40.0. The van der Waals surface area contributed by atoms with Crippen molar-refractivity contribution < 1.29 is 23.0 Å². The molecule has 0 amide bonds. The molecule has 0 aliphatic heterocycles. The summed E-state index contributed by atoms with van der Waals surface area (Å²) in [5.74, 6) is 0.0400. The van der Waals surface area contributed by atoms with Crippen molar-refractivity contribution in [2.45, 2.75) is 76.5 Å². The van der Waals surface area contributed by atoms with E-state index >= 15 is 0 Å². The van der Waals surface area contributed by atoms with Crippen molar-refractivity contribution in [3.05, 3.63) is 42.1 Å². The lowest BCUT2D eigenvalue weighted by atomic mass is 9.85. The lowest BCUT2D eigenvalue weighted by molar-refractivity contribution is 0.109. The molecule has 0 saturated heterocycles. The summed E-state index contributed by atoms with van der Waals surface area (Å²) in [6.07, 6.45) is 5.40. The Balaban J connectivity index is 1.53. The van der Waals surface area contributed by atoms with E-state index in [-0.39, 0.29) is 24.0 Å². The van der Waals surface area contributed by atoms with Gasteiger partial charge >= 0.3 is 6.43 Å². The highest BCUT2D eigenvalue weighted by Gasteiger charge is 2.33. The number of methoxy groups -OCH3 is 1. The van der Waals surface area contributed by atoms with Gasteiger partial charge in [0.2, 0.25) is 11.8 Å². The highest BCUT2D eigenvalue weighted by molar-refractivity contribution is 5.81. The lowest BCUT2D eigenvalue weighted by Gasteiger charge is -2.25. The second kappa shape index (κ2) is 10.4. The SMILES string of the molecule is COC[C@H](C)Nc1ncc2c(-c3cnn(C(C)(C)c4nnc(C(F)F)o4)c3)cc([C@H]3CC[C@H](O)CC3)n2n1. The van der Waals surface area contributed by atoms with Crippen LogP contribution in [0.15, 0.2) is 29.1 Å². The Morgan fingerprint density at radius 3 is 2.66 bits per heavy atom. The average Bonchev–Trinajstić information content (AvgIpc) is 3.63. The zero-order valence-electron chi connectivity index (χ0n) is 21.8. The first-order valence-electron chi connectivity index (χ1n) is 12.7. The first kappa shape index (κ1) is 26.2. The van der Waals surface area contributed by atoms with Gasteiger partial charge in [0.1, 0.15) is 5.54 Å². The Bertz CT molecular complexity index is 1390. The van der Waals surface area contributed by atoms with Gasteiger partial charge in [0.15, 0.2) is 0 Å². The summed E-state index contributed by atoms with van der Waals surface area (Å²) in [6, 6.07) is 2.13. The largest absolute Gasteiger partial charge is 0.417 e. The number of hydrogen-bond donors (Lipinski definition) is 2. The maximum atomic E-state index is 13.0. The van der Waals surface area contributed by atoms with Crippen LogP contribution in [0.3, 0.4) is 0 Å². The molecule has 4 aromatic heterocycles. The second-order valence-corrected chi connectivity index (χ2v) is 10.3. The summed E-state index contributed by atoms with van der Waals surface area (Å²) in [4.78, 5) is 4.54. The minimum absolute atomic E-state index is 0.0245. The summed E-state index contributed by atoms with van der Waals surface area (Å²) in [5, 5.41) is 29.9. The molecule has 4 aromatic rings. The summed E-state index contributed by atoms with van der Waals surface area (Å²) in [7, 11) is 1.65. The molecule has 1 atom stereocenters. The van der Waals surface area contributed by atoms with Crippen molar-refractivity contribution in [2.75, 3.05) is 19.0 Å². The monoisotopic (exact) mass is 530 g/mol. The van der Waals surface area contributed by atoms with Crippen molar-refractivity contribution in [1.29, 1.82) is 0 Å². The van der Waals surface area contributed by atoms with E-state index in [2.05, 4.69) is 31.7 Å². The third-order valence-electron chi connectivity index (χ3n) is 7.07. The predicted octanol–water partition coefficient (Wildman–Crippen LogP) is 4.16. The number of halogens is 2. The molecular formula is C25H32F2N8O3. The van der Waals surface area contributed by atoms with E-state index in [0.717, 1.165) is 48.0 Å². The molecule has 13 heteroatoms. The number of aromatic nitrogens is 7. The Hall–Kier alpha value is -3.45. The fraction of sp³-hybridized carbons (Fsp3) is 0.560. The quantitative estimate of drug-likeness (QED) is 0.328. The Kier molecular flexibility index (Phi) is 7.14. The van der Waals surface area contributed by atoms with E-state index in [0.29, 0.717) is 12.6 Å². The molecule has 1 fully saturated rings. The molecule has 38 heavy (non-hydrogen) atoms. The minimum atomic E-state index is -2.84. The molecule has 11 nitrogen and oxygen atoms in total. The minimum Gasteiger partial charge on any atom is -0.417 e. The van der Waals surface area contributed by atoms with Crippen molar-refractivity contribution in [3.63, 3.8) is 0 Å². The molecule has 4 heterocycles. The van der Waals surface area contributed by atoms with Crippen LogP contribution in [0.1, 0.15) is 76.3 Å². The van der Waals surface area contributed by atoms with Gasteiger partial charge in [0.25, 0.3) is 5.89 Å². The molecule has 0 spiro atoms. The topological polar surface area (TPSA) is 128 Å². The summed E-state index contributed by atoms with van der Waals surface area (Å²) in [6.45, 7) is 6.04.